The Morgan fingerprint density at radius 2 is 1.61 bits per heavy atom. The van der Waals surface area contributed by atoms with Crippen LogP contribution in [0.25, 0.3) is 11.0 Å². The van der Waals surface area contributed by atoms with Gasteiger partial charge < -0.3 is 4.98 Å². The van der Waals surface area contributed by atoms with E-state index in [0.717, 1.165) is 11.0 Å². The molecule has 1 aliphatic carbocycles. The van der Waals surface area contributed by atoms with Crippen molar-refractivity contribution in [1.82, 2.24) is 9.97 Å². The van der Waals surface area contributed by atoms with Crippen molar-refractivity contribution in [3.63, 3.8) is 0 Å². The highest BCUT2D eigenvalue weighted by molar-refractivity contribution is 7.80. The van der Waals surface area contributed by atoms with Crippen LogP contribution in [-0.2, 0) is 10.8 Å². The fourth-order valence-electron chi connectivity index (χ4n) is 3.06. The second kappa shape index (κ2) is 3.53. The van der Waals surface area contributed by atoms with E-state index in [2.05, 4.69) is 62.4 Å². The summed E-state index contributed by atoms with van der Waals surface area (Å²) in [5.74, 6) is 0. The summed E-state index contributed by atoms with van der Waals surface area (Å²) in [7, 11) is 0. The molecule has 0 amide bonds. The van der Waals surface area contributed by atoms with Crippen LogP contribution in [0.3, 0.4) is 0 Å². The average molecular weight is 260 g/mol. The molecule has 3 heteroatoms. The third-order valence-corrected chi connectivity index (χ3v) is 4.65. The van der Waals surface area contributed by atoms with Gasteiger partial charge in [-0.05, 0) is 46.9 Å². The Labute approximate surface area is 114 Å². The Morgan fingerprint density at radius 1 is 1.06 bits per heavy atom. The predicted molar refractivity (Wildman–Crippen MR) is 78.6 cm³/mol. The van der Waals surface area contributed by atoms with Gasteiger partial charge in [0.2, 0.25) is 0 Å². The molecule has 0 radical (unpaired) electrons. The number of thiol groups is 1. The topological polar surface area (TPSA) is 28.7 Å². The predicted octanol–water partition coefficient (Wildman–Crippen LogP) is 4.20. The van der Waals surface area contributed by atoms with Gasteiger partial charge in [0, 0.05) is 0 Å². The molecule has 96 valence electrons. The van der Waals surface area contributed by atoms with Gasteiger partial charge in [-0.25, -0.2) is 4.98 Å². The molecule has 0 spiro atoms. The minimum atomic E-state index is 0.245. The molecule has 0 bridgehead atoms. The van der Waals surface area contributed by atoms with Crippen LogP contribution in [0.2, 0.25) is 0 Å². The van der Waals surface area contributed by atoms with Crippen LogP contribution in [0.4, 0.5) is 0 Å². The average Bonchev–Trinajstić information content (AvgIpc) is 2.62. The van der Waals surface area contributed by atoms with Crippen LogP contribution in [0.15, 0.2) is 17.3 Å². The molecule has 0 fully saturated rings. The van der Waals surface area contributed by atoms with Crippen LogP contribution in [0.5, 0.6) is 0 Å². The quantitative estimate of drug-likeness (QED) is 0.683. The van der Waals surface area contributed by atoms with Crippen LogP contribution in [0, 0.1) is 0 Å². The van der Waals surface area contributed by atoms with Crippen molar-refractivity contribution in [3.05, 3.63) is 23.3 Å². The summed E-state index contributed by atoms with van der Waals surface area (Å²) in [6.45, 7) is 9.35. The molecular formula is C15H20N2S. The van der Waals surface area contributed by atoms with Crippen molar-refractivity contribution >= 4 is 23.7 Å². The van der Waals surface area contributed by atoms with Gasteiger partial charge in [0.15, 0.2) is 5.16 Å². The normalized spacial score (nSPS) is 20.9. The first-order chi connectivity index (χ1) is 8.29. The van der Waals surface area contributed by atoms with Gasteiger partial charge in [0.1, 0.15) is 0 Å². The number of H-pyrrole nitrogens is 1. The van der Waals surface area contributed by atoms with Crippen molar-refractivity contribution in [2.45, 2.75) is 56.5 Å². The van der Waals surface area contributed by atoms with Crippen LogP contribution >= 0.6 is 12.6 Å². The number of fused-ring (bicyclic) bond motifs is 2. The van der Waals surface area contributed by atoms with E-state index in [9.17, 15) is 0 Å². The highest BCUT2D eigenvalue weighted by Gasteiger charge is 2.37. The molecule has 0 atom stereocenters. The fraction of sp³-hybridized carbons (Fsp3) is 0.533. The van der Waals surface area contributed by atoms with Crippen molar-refractivity contribution in [2.24, 2.45) is 0 Å². The number of imidazole rings is 1. The maximum Gasteiger partial charge on any atom is 0.163 e. The van der Waals surface area contributed by atoms with Crippen molar-refractivity contribution in [2.75, 3.05) is 0 Å². The highest BCUT2D eigenvalue weighted by atomic mass is 32.1. The lowest BCUT2D eigenvalue weighted by atomic mass is 9.63. The first-order valence-corrected chi connectivity index (χ1v) is 6.98. The zero-order valence-corrected chi connectivity index (χ0v) is 12.4. The number of hydrogen-bond donors (Lipinski definition) is 2. The largest absolute Gasteiger partial charge is 0.333 e. The number of nitrogens with one attached hydrogen (secondary N) is 1. The number of benzene rings is 1. The van der Waals surface area contributed by atoms with E-state index in [1.165, 1.54) is 24.0 Å². The molecule has 1 aliphatic rings. The van der Waals surface area contributed by atoms with Crippen molar-refractivity contribution in [1.29, 1.82) is 0 Å². The Balaban J connectivity index is 2.34. The Hall–Kier alpha value is -0.960. The van der Waals surface area contributed by atoms with E-state index >= 15 is 0 Å². The third-order valence-electron chi connectivity index (χ3n) is 4.44. The summed E-state index contributed by atoms with van der Waals surface area (Å²) in [6.07, 6.45) is 2.47. The maximum atomic E-state index is 4.44. The summed E-state index contributed by atoms with van der Waals surface area (Å²) in [4.78, 5) is 7.67. The van der Waals surface area contributed by atoms with E-state index in [-0.39, 0.29) is 10.8 Å². The second-order valence-electron chi connectivity index (χ2n) is 6.74. The van der Waals surface area contributed by atoms with E-state index in [1.54, 1.807) is 0 Å². The van der Waals surface area contributed by atoms with Gasteiger partial charge >= 0.3 is 0 Å². The van der Waals surface area contributed by atoms with Crippen LogP contribution in [0.1, 0.15) is 51.7 Å². The summed E-state index contributed by atoms with van der Waals surface area (Å²) >= 11 is 4.31. The van der Waals surface area contributed by atoms with Crippen molar-refractivity contribution in [3.8, 4) is 0 Å². The first kappa shape index (κ1) is 12.1. The molecule has 0 saturated heterocycles. The van der Waals surface area contributed by atoms with Gasteiger partial charge in [0.25, 0.3) is 0 Å². The zero-order chi connectivity index (χ0) is 13.1. The monoisotopic (exact) mass is 260 g/mol. The highest BCUT2D eigenvalue weighted by Crippen LogP contribution is 2.46. The molecule has 2 nitrogen and oxygen atoms in total. The first-order valence-electron chi connectivity index (χ1n) is 6.53. The molecule has 1 N–H and O–H groups in total. The molecule has 1 aromatic heterocycles. The summed E-state index contributed by atoms with van der Waals surface area (Å²) < 4.78 is 0. The van der Waals surface area contributed by atoms with Gasteiger partial charge in [-0.15, -0.1) is 12.6 Å². The van der Waals surface area contributed by atoms with Gasteiger partial charge in [-0.3, -0.25) is 0 Å². The van der Waals surface area contributed by atoms with E-state index in [4.69, 9.17) is 0 Å². The standard InChI is InChI=1S/C15H20N2S/c1-14(2)5-6-15(3,4)10-8-12-11(7-9(10)14)16-13(18)17-12/h7-8H,5-6H2,1-4H3,(H2,16,17,18). The lowest BCUT2D eigenvalue weighted by Gasteiger charge is -2.41. The van der Waals surface area contributed by atoms with Crippen LogP contribution < -0.4 is 0 Å². The van der Waals surface area contributed by atoms with E-state index < -0.39 is 0 Å². The molecule has 3 rings (SSSR count). The summed E-state index contributed by atoms with van der Waals surface area (Å²) in [6, 6.07) is 4.53. The minimum absolute atomic E-state index is 0.245. The Kier molecular flexibility index (Phi) is 2.37. The van der Waals surface area contributed by atoms with E-state index in [0.29, 0.717) is 5.16 Å². The third kappa shape index (κ3) is 1.68. The van der Waals surface area contributed by atoms with Gasteiger partial charge in [-0.1, -0.05) is 27.7 Å². The zero-order valence-electron chi connectivity index (χ0n) is 11.5. The molecule has 2 aromatic rings. The molecule has 1 heterocycles. The lowest BCUT2D eigenvalue weighted by Crippen LogP contribution is -2.33. The fourth-order valence-corrected chi connectivity index (χ4v) is 3.29. The molecule has 0 aliphatic heterocycles. The van der Waals surface area contributed by atoms with Crippen LogP contribution in [-0.4, -0.2) is 9.97 Å². The van der Waals surface area contributed by atoms with Gasteiger partial charge in [0.05, 0.1) is 11.0 Å². The number of nitrogens with zero attached hydrogens (tertiary/aromatic N) is 1. The number of hydrogen-bond acceptors (Lipinski definition) is 2. The molecule has 0 unspecified atom stereocenters. The Morgan fingerprint density at radius 3 is 2.22 bits per heavy atom. The SMILES string of the molecule is CC1(C)CCC(C)(C)c2cc3[nH]c(S)nc3cc21. The summed E-state index contributed by atoms with van der Waals surface area (Å²) in [5, 5.41) is 0.697. The second-order valence-corrected chi connectivity index (χ2v) is 7.17. The van der Waals surface area contributed by atoms with Gasteiger partial charge in [-0.2, -0.15) is 0 Å². The lowest BCUT2D eigenvalue weighted by molar-refractivity contribution is 0.332. The Bertz CT molecular complexity index is 570. The summed E-state index contributed by atoms with van der Waals surface area (Å²) in [5.41, 5.74) is 5.54. The minimum Gasteiger partial charge on any atom is -0.333 e. The molecule has 0 saturated carbocycles. The number of aromatic nitrogens is 2. The molecular weight excluding hydrogens is 240 g/mol. The van der Waals surface area contributed by atoms with Crippen molar-refractivity contribution < 1.29 is 0 Å². The number of rotatable bonds is 0. The van der Waals surface area contributed by atoms with E-state index in [1.807, 2.05) is 0 Å². The smallest absolute Gasteiger partial charge is 0.163 e. The molecule has 18 heavy (non-hydrogen) atoms. The molecule has 1 aromatic carbocycles. The maximum absolute atomic E-state index is 4.44. The number of aromatic amines is 1.